The molecule has 0 bridgehead atoms. The van der Waals surface area contributed by atoms with Gasteiger partial charge in [-0.25, -0.2) is 8.78 Å². The van der Waals surface area contributed by atoms with Gasteiger partial charge in [0.15, 0.2) is 0 Å². The van der Waals surface area contributed by atoms with Gasteiger partial charge in [0.1, 0.15) is 5.82 Å². The fourth-order valence-corrected chi connectivity index (χ4v) is 3.92. The Hall–Kier alpha value is -1.58. The third-order valence-corrected chi connectivity index (χ3v) is 5.49. The van der Waals surface area contributed by atoms with Crippen LogP contribution in [0.1, 0.15) is 25.8 Å². The lowest BCUT2D eigenvalue weighted by Crippen LogP contribution is -2.46. The van der Waals surface area contributed by atoms with E-state index in [2.05, 4.69) is 10.0 Å². The van der Waals surface area contributed by atoms with Crippen LogP contribution in [0, 0.1) is 12.7 Å². The number of alkyl halides is 1. The van der Waals surface area contributed by atoms with Crippen LogP contribution in [0.25, 0.3) is 0 Å². The van der Waals surface area contributed by atoms with E-state index in [0.717, 1.165) is 4.31 Å². The molecule has 9 heteroatoms. The standard InChI is InChI=1S/C15H21F2N3O3S/c1-10(2)19-24(22,23)20-7-6-15(17,9-20)14(21)18-12-4-5-13(16)11(3)8-12/h4-5,8,10,19H,6-7,9H2,1-3H3,(H,18,21). The smallest absolute Gasteiger partial charge is 0.279 e. The number of nitrogens with zero attached hydrogens (tertiary/aromatic N) is 1. The number of carbonyl (C=O) groups is 1. The van der Waals surface area contributed by atoms with Gasteiger partial charge >= 0.3 is 0 Å². The lowest BCUT2D eigenvalue weighted by molar-refractivity contribution is -0.126. The summed E-state index contributed by atoms with van der Waals surface area (Å²) < 4.78 is 55.5. The molecule has 0 spiro atoms. The van der Waals surface area contributed by atoms with Crippen LogP contribution in [0.2, 0.25) is 0 Å². The minimum Gasteiger partial charge on any atom is -0.323 e. The van der Waals surface area contributed by atoms with E-state index in [9.17, 15) is 22.0 Å². The van der Waals surface area contributed by atoms with Gasteiger partial charge in [0.25, 0.3) is 16.1 Å². The Morgan fingerprint density at radius 1 is 1.38 bits per heavy atom. The van der Waals surface area contributed by atoms with Gasteiger partial charge in [0.05, 0.1) is 6.54 Å². The first-order chi connectivity index (χ1) is 11.0. The van der Waals surface area contributed by atoms with Crippen LogP contribution in [-0.4, -0.2) is 43.4 Å². The number of amides is 1. The molecule has 1 atom stereocenters. The summed E-state index contributed by atoms with van der Waals surface area (Å²) in [5.41, 5.74) is -1.75. The molecule has 1 saturated heterocycles. The van der Waals surface area contributed by atoms with Crippen molar-refractivity contribution in [2.75, 3.05) is 18.4 Å². The van der Waals surface area contributed by atoms with Crippen molar-refractivity contribution in [3.8, 4) is 0 Å². The SMILES string of the molecule is Cc1cc(NC(=O)C2(F)CCN(S(=O)(=O)NC(C)C)C2)ccc1F. The maximum atomic E-state index is 14.9. The van der Waals surface area contributed by atoms with Gasteiger partial charge in [-0.2, -0.15) is 17.4 Å². The fraction of sp³-hybridized carbons (Fsp3) is 0.533. The third kappa shape index (κ3) is 4.08. The normalized spacial score (nSPS) is 22.1. The Morgan fingerprint density at radius 3 is 2.62 bits per heavy atom. The highest BCUT2D eigenvalue weighted by Gasteiger charge is 2.48. The van der Waals surface area contributed by atoms with Crippen LogP contribution in [0.15, 0.2) is 18.2 Å². The van der Waals surface area contributed by atoms with E-state index < -0.39 is 34.1 Å². The maximum absolute atomic E-state index is 14.9. The molecule has 1 aliphatic heterocycles. The van der Waals surface area contributed by atoms with Gasteiger partial charge in [-0.05, 0) is 44.5 Å². The van der Waals surface area contributed by atoms with Crippen LogP contribution in [-0.2, 0) is 15.0 Å². The molecule has 24 heavy (non-hydrogen) atoms. The summed E-state index contributed by atoms with van der Waals surface area (Å²) >= 11 is 0. The van der Waals surface area contributed by atoms with Crippen molar-refractivity contribution in [2.24, 2.45) is 0 Å². The van der Waals surface area contributed by atoms with Crippen LogP contribution >= 0.6 is 0 Å². The number of halogens is 2. The van der Waals surface area contributed by atoms with E-state index >= 15 is 0 Å². The molecule has 0 saturated carbocycles. The maximum Gasteiger partial charge on any atom is 0.279 e. The van der Waals surface area contributed by atoms with E-state index in [-0.39, 0.29) is 24.7 Å². The minimum atomic E-state index is -3.84. The van der Waals surface area contributed by atoms with E-state index in [1.165, 1.54) is 25.1 Å². The first kappa shape index (κ1) is 18.8. The summed E-state index contributed by atoms with van der Waals surface area (Å²) in [6.07, 6.45) is -0.238. The van der Waals surface area contributed by atoms with Crippen molar-refractivity contribution in [3.63, 3.8) is 0 Å². The molecule has 0 radical (unpaired) electrons. The number of carbonyl (C=O) groups excluding carboxylic acids is 1. The average molecular weight is 361 g/mol. The average Bonchev–Trinajstić information content (AvgIpc) is 2.86. The molecular weight excluding hydrogens is 340 g/mol. The summed E-state index contributed by atoms with van der Waals surface area (Å²) in [7, 11) is -3.84. The van der Waals surface area contributed by atoms with Crippen molar-refractivity contribution < 1.29 is 22.0 Å². The predicted octanol–water partition coefficient (Wildman–Crippen LogP) is 1.73. The first-order valence-electron chi connectivity index (χ1n) is 7.57. The molecule has 1 heterocycles. The van der Waals surface area contributed by atoms with Gasteiger partial charge in [-0.3, -0.25) is 4.79 Å². The second kappa shape index (κ2) is 6.73. The summed E-state index contributed by atoms with van der Waals surface area (Å²) in [5, 5.41) is 2.38. The lowest BCUT2D eigenvalue weighted by atomic mass is 10.0. The van der Waals surface area contributed by atoms with Crippen LogP contribution in [0.4, 0.5) is 14.5 Å². The Kier molecular flexibility index (Phi) is 5.26. The highest BCUT2D eigenvalue weighted by atomic mass is 32.2. The third-order valence-electron chi connectivity index (χ3n) is 3.73. The monoisotopic (exact) mass is 361 g/mol. The van der Waals surface area contributed by atoms with Crippen LogP contribution in [0.3, 0.4) is 0 Å². The molecule has 2 N–H and O–H groups in total. The van der Waals surface area contributed by atoms with Gasteiger partial charge in [-0.1, -0.05) is 0 Å². The zero-order valence-electron chi connectivity index (χ0n) is 13.8. The number of aryl methyl sites for hydroxylation is 1. The second-order valence-corrected chi connectivity index (χ2v) is 7.95. The molecule has 1 fully saturated rings. The Labute approximate surface area is 140 Å². The zero-order chi connectivity index (χ0) is 18.1. The molecule has 0 aromatic heterocycles. The van der Waals surface area contributed by atoms with E-state index in [4.69, 9.17) is 0 Å². The molecule has 1 amide bonds. The quantitative estimate of drug-likeness (QED) is 0.838. The fourth-order valence-electron chi connectivity index (χ4n) is 2.47. The first-order valence-corrected chi connectivity index (χ1v) is 9.01. The highest BCUT2D eigenvalue weighted by molar-refractivity contribution is 7.87. The molecule has 6 nitrogen and oxygen atoms in total. The molecule has 1 unspecified atom stereocenters. The molecule has 134 valence electrons. The molecule has 1 aromatic rings. The second-order valence-electron chi connectivity index (χ2n) is 6.24. The summed E-state index contributed by atoms with van der Waals surface area (Å²) in [6.45, 7) is 4.19. The van der Waals surface area contributed by atoms with Gasteiger partial charge in [0.2, 0.25) is 5.67 Å². The zero-order valence-corrected chi connectivity index (χ0v) is 14.6. The van der Waals surface area contributed by atoms with Crippen molar-refractivity contribution >= 4 is 21.8 Å². The van der Waals surface area contributed by atoms with Gasteiger partial charge in [-0.15, -0.1) is 0 Å². The Balaban J connectivity index is 2.08. The summed E-state index contributed by atoms with van der Waals surface area (Å²) in [4.78, 5) is 12.2. The molecule has 1 aromatic carbocycles. The summed E-state index contributed by atoms with van der Waals surface area (Å²) in [5.74, 6) is -1.36. The topological polar surface area (TPSA) is 78.5 Å². The van der Waals surface area contributed by atoms with Crippen LogP contribution in [0.5, 0.6) is 0 Å². The largest absolute Gasteiger partial charge is 0.323 e. The van der Waals surface area contributed by atoms with Crippen LogP contribution < -0.4 is 10.0 Å². The minimum absolute atomic E-state index is 0.0889. The summed E-state index contributed by atoms with van der Waals surface area (Å²) in [6, 6.07) is 3.56. The number of nitrogens with one attached hydrogen (secondary N) is 2. The molecule has 0 aliphatic carbocycles. The van der Waals surface area contributed by atoms with E-state index in [0.29, 0.717) is 5.56 Å². The van der Waals surface area contributed by atoms with Crippen molar-refractivity contribution in [2.45, 2.75) is 38.9 Å². The van der Waals surface area contributed by atoms with Gasteiger partial charge < -0.3 is 5.32 Å². The number of anilines is 1. The number of hydrogen-bond donors (Lipinski definition) is 2. The molecule has 2 rings (SSSR count). The van der Waals surface area contributed by atoms with E-state index in [1.807, 2.05) is 0 Å². The van der Waals surface area contributed by atoms with E-state index in [1.54, 1.807) is 13.8 Å². The Bertz CT molecular complexity index is 739. The number of benzene rings is 1. The highest BCUT2D eigenvalue weighted by Crippen LogP contribution is 2.29. The van der Waals surface area contributed by atoms with Gasteiger partial charge in [0, 0.05) is 24.7 Å². The van der Waals surface area contributed by atoms with Crippen molar-refractivity contribution in [1.29, 1.82) is 0 Å². The van der Waals surface area contributed by atoms with Crippen molar-refractivity contribution in [3.05, 3.63) is 29.6 Å². The number of rotatable bonds is 5. The molecule has 1 aliphatic rings. The lowest BCUT2D eigenvalue weighted by Gasteiger charge is -2.21. The Morgan fingerprint density at radius 2 is 2.04 bits per heavy atom. The predicted molar refractivity (Wildman–Crippen MR) is 87.0 cm³/mol. The van der Waals surface area contributed by atoms with Crippen molar-refractivity contribution in [1.82, 2.24) is 9.03 Å². The number of hydrogen-bond acceptors (Lipinski definition) is 3. The molecular formula is C15H21F2N3O3S.